The second-order valence-electron chi connectivity index (χ2n) is 6.06. The van der Waals surface area contributed by atoms with Gasteiger partial charge in [0.2, 0.25) is 0 Å². The minimum Gasteiger partial charge on any atom is -0.493 e. The summed E-state index contributed by atoms with van der Waals surface area (Å²) in [6.07, 6.45) is 3.17. The van der Waals surface area contributed by atoms with Gasteiger partial charge in [0.05, 0.1) is 13.7 Å². The standard InChI is InChI=1S/C21H26O5/c1-6-25-19(22)11-10-15-12-18(24-5)21(26-13-23-4)20-16(14(2)3)8-7-9-17(15)20/h7-12,14H,6,13H2,1-5H3/b11-10+. The van der Waals surface area contributed by atoms with Crippen molar-refractivity contribution in [1.29, 1.82) is 0 Å². The molecule has 26 heavy (non-hydrogen) atoms. The van der Waals surface area contributed by atoms with E-state index in [0.29, 0.717) is 18.1 Å². The molecule has 5 nitrogen and oxygen atoms in total. The van der Waals surface area contributed by atoms with Crippen LogP contribution in [0.3, 0.4) is 0 Å². The van der Waals surface area contributed by atoms with E-state index in [1.165, 1.54) is 6.08 Å². The Balaban J connectivity index is 2.71. The van der Waals surface area contributed by atoms with E-state index >= 15 is 0 Å². The Labute approximate surface area is 154 Å². The van der Waals surface area contributed by atoms with Gasteiger partial charge in [-0.15, -0.1) is 0 Å². The van der Waals surface area contributed by atoms with Crippen molar-refractivity contribution in [1.82, 2.24) is 0 Å². The van der Waals surface area contributed by atoms with E-state index in [9.17, 15) is 4.79 Å². The molecule has 5 heteroatoms. The minimum absolute atomic E-state index is 0.121. The number of ether oxygens (including phenoxy) is 4. The molecule has 0 bridgehead atoms. The van der Waals surface area contributed by atoms with Crippen LogP contribution >= 0.6 is 0 Å². The van der Waals surface area contributed by atoms with Crippen LogP contribution in [0.4, 0.5) is 0 Å². The first kappa shape index (κ1) is 19.8. The van der Waals surface area contributed by atoms with Crippen molar-refractivity contribution in [3.8, 4) is 11.5 Å². The predicted molar refractivity (Wildman–Crippen MR) is 103 cm³/mol. The number of benzene rings is 2. The zero-order chi connectivity index (χ0) is 19.1. The zero-order valence-electron chi connectivity index (χ0n) is 16.0. The van der Waals surface area contributed by atoms with E-state index < -0.39 is 0 Å². The van der Waals surface area contributed by atoms with Gasteiger partial charge >= 0.3 is 5.97 Å². The molecule has 0 aliphatic rings. The lowest BCUT2D eigenvalue weighted by molar-refractivity contribution is -0.137. The van der Waals surface area contributed by atoms with Gasteiger partial charge in [-0.1, -0.05) is 32.0 Å². The van der Waals surface area contributed by atoms with Crippen molar-refractivity contribution in [2.24, 2.45) is 0 Å². The largest absolute Gasteiger partial charge is 0.493 e. The summed E-state index contributed by atoms with van der Waals surface area (Å²) in [6, 6.07) is 7.94. The van der Waals surface area contributed by atoms with Crippen LogP contribution in [-0.4, -0.2) is 33.6 Å². The predicted octanol–water partition coefficient (Wildman–Crippen LogP) is 4.53. The molecule has 0 unspecified atom stereocenters. The Kier molecular flexibility index (Phi) is 7.04. The Hall–Kier alpha value is -2.53. The number of methoxy groups -OCH3 is 2. The third-order valence-electron chi connectivity index (χ3n) is 3.99. The van der Waals surface area contributed by atoms with Gasteiger partial charge in [0.15, 0.2) is 18.3 Å². The Bertz CT molecular complexity index is 793. The van der Waals surface area contributed by atoms with Crippen molar-refractivity contribution in [3.05, 3.63) is 41.5 Å². The van der Waals surface area contributed by atoms with E-state index in [4.69, 9.17) is 18.9 Å². The van der Waals surface area contributed by atoms with Crippen molar-refractivity contribution >= 4 is 22.8 Å². The van der Waals surface area contributed by atoms with Crippen LogP contribution in [0.2, 0.25) is 0 Å². The lowest BCUT2D eigenvalue weighted by atomic mass is 9.92. The van der Waals surface area contributed by atoms with Gasteiger partial charge in [-0.25, -0.2) is 4.79 Å². The molecule has 0 aliphatic carbocycles. The highest BCUT2D eigenvalue weighted by molar-refractivity contribution is 6.01. The van der Waals surface area contributed by atoms with Crippen molar-refractivity contribution < 1.29 is 23.7 Å². The highest BCUT2D eigenvalue weighted by Gasteiger charge is 2.18. The normalized spacial score (nSPS) is 11.3. The maximum atomic E-state index is 11.7. The lowest BCUT2D eigenvalue weighted by Crippen LogP contribution is -2.04. The van der Waals surface area contributed by atoms with Crippen molar-refractivity contribution in [2.75, 3.05) is 27.6 Å². The van der Waals surface area contributed by atoms with Crippen LogP contribution < -0.4 is 9.47 Å². The summed E-state index contributed by atoms with van der Waals surface area (Å²) in [5.41, 5.74) is 2.00. The summed E-state index contributed by atoms with van der Waals surface area (Å²) in [6.45, 7) is 6.50. The molecule has 0 aromatic heterocycles. The fraction of sp³-hybridized carbons (Fsp3) is 0.381. The van der Waals surface area contributed by atoms with Crippen molar-refractivity contribution in [3.63, 3.8) is 0 Å². The SMILES string of the molecule is CCOC(=O)/C=C/c1cc(OC)c(OCOC)c2c(C(C)C)cccc12. The molecule has 0 spiro atoms. The molecule has 0 radical (unpaired) electrons. The first-order valence-electron chi connectivity index (χ1n) is 8.63. The third kappa shape index (κ3) is 4.35. The molecule has 0 aliphatic heterocycles. The Morgan fingerprint density at radius 3 is 2.62 bits per heavy atom. The zero-order valence-corrected chi connectivity index (χ0v) is 16.0. The molecule has 0 saturated carbocycles. The summed E-state index contributed by atoms with van der Waals surface area (Å²) in [5.74, 6) is 1.14. The number of carbonyl (C=O) groups excluding carboxylic acids is 1. The Morgan fingerprint density at radius 1 is 1.23 bits per heavy atom. The summed E-state index contributed by atoms with van der Waals surface area (Å²) >= 11 is 0. The first-order chi connectivity index (χ1) is 12.5. The quantitative estimate of drug-likeness (QED) is 0.394. The first-order valence-corrected chi connectivity index (χ1v) is 8.63. The number of hydrogen-bond donors (Lipinski definition) is 0. The fourth-order valence-corrected chi connectivity index (χ4v) is 2.85. The molecular formula is C21H26O5. The summed E-state index contributed by atoms with van der Waals surface area (Å²) < 4.78 is 21.4. The molecule has 0 atom stereocenters. The highest BCUT2D eigenvalue weighted by Crippen LogP contribution is 2.42. The van der Waals surface area contributed by atoms with Gasteiger partial charge in [-0.05, 0) is 41.5 Å². The maximum absolute atomic E-state index is 11.7. The van der Waals surface area contributed by atoms with Gasteiger partial charge in [-0.3, -0.25) is 0 Å². The average Bonchev–Trinajstić information content (AvgIpc) is 2.64. The summed E-state index contributed by atoms with van der Waals surface area (Å²) in [5, 5.41) is 1.94. The summed E-state index contributed by atoms with van der Waals surface area (Å²) in [4.78, 5) is 11.7. The molecule has 140 valence electrons. The number of esters is 1. The van der Waals surface area contributed by atoms with Gasteiger partial charge in [0, 0.05) is 18.6 Å². The molecule has 0 heterocycles. The summed E-state index contributed by atoms with van der Waals surface area (Å²) in [7, 11) is 3.17. The molecule has 0 fully saturated rings. The number of carbonyl (C=O) groups is 1. The van der Waals surface area contributed by atoms with Gasteiger partial charge in [-0.2, -0.15) is 0 Å². The minimum atomic E-state index is -0.376. The van der Waals surface area contributed by atoms with E-state index in [2.05, 4.69) is 19.9 Å². The number of hydrogen-bond acceptors (Lipinski definition) is 5. The van der Waals surface area contributed by atoms with E-state index in [0.717, 1.165) is 21.9 Å². The van der Waals surface area contributed by atoms with E-state index in [-0.39, 0.29) is 18.7 Å². The monoisotopic (exact) mass is 358 g/mol. The van der Waals surface area contributed by atoms with Crippen LogP contribution in [-0.2, 0) is 14.3 Å². The molecule has 0 N–H and O–H groups in total. The van der Waals surface area contributed by atoms with Crippen LogP contribution in [0.1, 0.15) is 37.8 Å². The van der Waals surface area contributed by atoms with Crippen LogP contribution in [0.15, 0.2) is 30.3 Å². The molecule has 2 aromatic carbocycles. The highest BCUT2D eigenvalue weighted by atomic mass is 16.7. The second kappa shape index (κ2) is 9.25. The second-order valence-corrected chi connectivity index (χ2v) is 6.06. The average molecular weight is 358 g/mol. The van der Waals surface area contributed by atoms with Gasteiger partial charge in [0.1, 0.15) is 0 Å². The molecule has 0 amide bonds. The van der Waals surface area contributed by atoms with E-state index in [1.54, 1.807) is 27.2 Å². The third-order valence-corrected chi connectivity index (χ3v) is 3.99. The topological polar surface area (TPSA) is 54.0 Å². The molecule has 0 saturated heterocycles. The number of rotatable bonds is 8. The lowest BCUT2D eigenvalue weighted by Gasteiger charge is -2.19. The van der Waals surface area contributed by atoms with Crippen LogP contribution in [0.5, 0.6) is 11.5 Å². The molecular weight excluding hydrogens is 332 g/mol. The molecule has 2 aromatic rings. The fourth-order valence-electron chi connectivity index (χ4n) is 2.85. The molecule has 2 rings (SSSR count). The van der Waals surface area contributed by atoms with Gasteiger partial charge < -0.3 is 18.9 Å². The van der Waals surface area contributed by atoms with Crippen LogP contribution in [0.25, 0.3) is 16.8 Å². The van der Waals surface area contributed by atoms with Crippen LogP contribution in [0, 0.1) is 0 Å². The smallest absolute Gasteiger partial charge is 0.330 e. The van der Waals surface area contributed by atoms with Crippen molar-refractivity contribution in [2.45, 2.75) is 26.7 Å². The maximum Gasteiger partial charge on any atom is 0.330 e. The van der Waals surface area contributed by atoms with Gasteiger partial charge in [0.25, 0.3) is 0 Å². The number of fused-ring (bicyclic) bond motifs is 1. The van der Waals surface area contributed by atoms with E-state index in [1.807, 2.05) is 18.2 Å². The Morgan fingerprint density at radius 2 is 2.00 bits per heavy atom.